The molecule has 1 heteroatoms. The highest BCUT2D eigenvalue weighted by molar-refractivity contribution is 6.03. The highest BCUT2D eigenvalue weighted by atomic mass is 14.7. The summed E-state index contributed by atoms with van der Waals surface area (Å²) >= 11 is 0. The Hall–Kier alpha value is -2.93. The molecule has 0 radical (unpaired) electrons. The van der Waals surface area contributed by atoms with Crippen LogP contribution in [0.15, 0.2) is 72.9 Å². The number of hydrogen-bond donors (Lipinski definition) is 0. The molecule has 0 bridgehead atoms. The molecule has 0 amide bonds. The molecule has 1 aliphatic carbocycles. The summed E-state index contributed by atoms with van der Waals surface area (Å²) in [5.74, 6) is 0. The minimum absolute atomic E-state index is 0.0648. The molecule has 3 aromatic carbocycles. The van der Waals surface area contributed by atoms with Gasteiger partial charge in [0, 0.05) is 17.2 Å². The van der Waals surface area contributed by atoms with Gasteiger partial charge < -0.3 is 0 Å². The van der Waals surface area contributed by atoms with Crippen molar-refractivity contribution in [1.82, 2.24) is 4.98 Å². The van der Waals surface area contributed by atoms with Crippen LogP contribution >= 0.6 is 0 Å². The second-order valence-corrected chi connectivity index (χ2v) is 9.74. The fourth-order valence-electron chi connectivity index (χ4n) is 4.91. The Morgan fingerprint density at radius 2 is 1.55 bits per heavy atom. The van der Waals surface area contributed by atoms with Crippen molar-refractivity contribution in [3.8, 4) is 22.4 Å². The molecule has 29 heavy (non-hydrogen) atoms. The first-order valence-electron chi connectivity index (χ1n) is 10.4. The van der Waals surface area contributed by atoms with Gasteiger partial charge in [0.1, 0.15) is 0 Å². The average Bonchev–Trinajstić information content (AvgIpc) is 2.95. The summed E-state index contributed by atoms with van der Waals surface area (Å²) < 4.78 is 0. The Morgan fingerprint density at radius 1 is 0.793 bits per heavy atom. The van der Waals surface area contributed by atoms with Crippen molar-refractivity contribution in [3.63, 3.8) is 0 Å². The Morgan fingerprint density at radius 3 is 2.34 bits per heavy atom. The van der Waals surface area contributed by atoms with Crippen LogP contribution in [0, 0.1) is 0 Å². The number of rotatable bonds is 1. The fraction of sp³-hybridized carbons (Fsp3) is 0.250. The summed E-state index contributed by atoms with van der Waals surface area (Å²) in [6.45, 7) is 11.5. The molecule has 5 rings (SSSR count). The van der Waals surface area contributed by atoms with Gasteiger partial charge >= 0.3 is 0 Å². The van der Waals surface area contributed by atoms with Gasteiger partial charge in [0.25, 0.3) is 0 Å². The van der Waals surface area contributed by atoms with Crippen LogP contribution in [0.2, 0.25) is 0 Å². The highest BCUT2D eigenvalue weighted by Crippen LogP contribution is 2.54. The molecule has 144 valence electrons. The second kappa shape index (κ2) is 6.03. The summed E-state index contributed by atoms with van der Waals surface area (Å²) in [7, 11) is 0. The normalized spacial score (nSPS) is 14.7. The number of aromatic nitrogens is 1. The molecule has 1 aliphatic rings. The van der Waals surface area contributed by atoms with Crippen LogP contribution < -0.4 is 0 Å². The van der Waals surface area contributed by atoms with Crippen LogP contribution in [0.5, 0.6) is 0 Å². The van der Waals surface area contributed by atoms with E-state index in [-0.39, 0.29) is 10.8 Å². The summed E-state index contributed by atoms with van der Waals surface area (Å²) in [5.41, 5.74) is 9.21. The lowest BCUT2D eigenvalue weighted by Crippen LogP contribution is -2.17. The molecular weight excluding hydrogens is 350 g/mol. The third kappa shape index (κ3) is 2.64. The zero-order chi connectivity index (χ0) is 20.4. The van der Waals surface area contributed by atoms with E-state index in [0.717, 1.165) is 5.69 Å². The van der Waals surface area contributed by atoms with Gasteiger partial charge in [0.2, 0.25) is 0 Å². The monoisotopic (exact) mass is 377 g/mol. The molecule has 1 aromatic heterocycles. The van der Waals surface area contributed by atoms with Gasteiger partial charge in [0.05, 0.1) is 5.69 Å². The first-order chi connectivity index (χ1) is 13.8. The average molecular weight is 378 g/mol. The van der Waals surface area contributed by atoms with E-state index >= 15 is 0 Å². The fourth-order valence-corrected chi connectivity index (χ4v) is 4.91. The maximum atomic E-state index is 4.79. The predicted molar refractivity (Wildman–Crippen MR) is 123 cm³/mol. The first-order valence-corrected chi connectivity index (χ1v) is 10.4. The van der Waals surface area contributed by atoms with Crippen molar-refractivity contribution in [2.45, 2.75) is 45.4 Å². The molecule has 0 aliphatic heterocycles. The minimum atomic E-state index is -0.0648. The van der Waals surface area contributed by atoms with Gasteiger partial charge in [-0.05, 0) is 56.1 Å². The smallest absolute Gasteiger partial charge is 0.0708 e. The van der Waals surface area contributed by atoms with Crippen LogP contribution in [0.25, 0.3) is 33.2 Å². The lowest BCUT2D eigenvalue weighted by atomic mass is 9.79. The Kier molecular flexibility index (Phi) is 3.77. The Balaban J connectivity index is 1.82. The maximum Gasteiger partial charge on any atom is 0.0708 e. The molecular formula is C28H27N. The molecule has 0 atom stereocenters. The van der Waals surface area contributed by atoms with E-state index in [0.29, 0.717) is 0 Å². The van der Waals surface area contributed by atoms with Crippen molar-refractivity contribution in [2.24, 2.45) is 0 Å². The number of nitrogens with zero attached hydrogens (tertiary/aromatic N) is 1. The van der Waals surface area contributed by atoms with E-state index in [1.165, 1.54) is 44.2 Å². The van der Waals surface area contributed by atoms with Crippen LogP contribution in [0.1, 0.15) is 51.3 Å². The van der Waals surface area contributed by atoms with Crippen LogP contribution in [-0.2, 0) is 10.8 Å². The van der Waals surface area contributed by atoms with Crippen LogP contribution in [0.3, 0.4) is 0 Å². The highest BCUT2D eigenvalue weighted by Gasteiger charge is 2.38. The van der Waals surface area contributed by atoms with Crippen LogP contribution in [-0.4, -0.2) is 4.98 Å². The van der Waals surface area contributed by atoms with Crippen molar-refractivity contribution in [2.75, 3.05) is 0 Å². The number of pyridine rings is 1. The third-order valence-electron chi connectivity index (χ3n) is 6.46. The first kappa shape index (κ1) is 18.1. The van der Waals surface area contributed by atoms with Crippen molar-refractivity contribution >= 4 is 10.8 Å². The zero-order valence-corrected chi connectivity index (χ0v) is 17.9. The Bertz CT molecular complexity index is 1260. The van der Waals surface area contributed by atoms with Crippen molar-refractivity contribution in [3.05, 3.63) is 89.6 Å². The molecule has 0 N–H and O–H groups in total. The molecule has 1 heterocycles. The summed E-state index contributed by atoms with van der Waals surface area (Å²) in [6.07, 6.45) is 1.96. The van der Waals surface area contributed by atoms with E-state index in [4.69, 9.17) is 4.98 Å². The largest absolute Gasteiger partial charge is 0.256 e. The van der Waals surface area contributed by atoms with Gasteiger partial charge in [0.15, 0.2) is 0 Å². The SMILES string of the molecule is CC(C)(C)c1ccnc(-c2cccc3c2C(C)(C)c2ccc4ccccc4c2-3)c1. The molecule has 0 saturated heterocycles. The lowest BCUT2D eigenvalue weighted by Gasteiger charge is -2.25. The van der Waals surface area contributed by atoms with E-state index in [9.17, 15) is 0 Å². The number of benzene rings is 3. The quantitative estimate of drug-likeness (QED) is 0.334. The molecule has 0 fully saturated rings. The summed E-state index contributed by atoms with van der Waals surface area (Å²) in [4.78, 5) is 4.79. The van der Waals surface area contributed by atoms with Gasteiger partial charge in [-0.25, -0.2) is 0 Å². The number of fused-ring (bicyclic) bond motifs is 5. The zero-order valence-electron chi connectivity index (χ0n) is 17.9. The maximum absolute atomic E-state index is 4.79. The van der Waals surface area contributed by atoms with Crippen LogP contribution in [0.4, 0.5) is 0 Å². The molecule has 0 spiro atoms. The lowest BCUT2D eigenvalue weighted by molar-refractivity contribution is 0.589. The number of hydrogen-bond acceptors (Lipinski definition) is 1. The van der Waals surface area contributed by atoms with E-state index in [2.05, 4.69) is 101 Å². The third-order valence-corrected chi connectivity index (χ3v) is 6.46. The predicted octanol–water partition coefficient (Wildman–Crippen LogP) is 7.51. The molecule has 4 aromatic rings. The standard InChI is InChI=1S/C28H27N/c1-27(2,3)19-15-16-29-24(17-19)21-11-8-12-22-25-20-10-7-6-9-18(20)13-14-23(25)28(4,5)26(21)22/h6-17H,1-5H3. The minimum Gasteiger partial charge on any atom is -0.256 e. The van der Waals surface area contributed by atoms with E-state index < -0.39 is 0 Å². The van der Waals surface area contributed by atoms with Gasteiger partial charge in [-0.1, -0.05) is 89.2 Å². The van der Waals surface area contributed by atoms with Gasteiger partial charge in [-0.2, -0.15) is 0 Å². The summed E-state index contributed by atoms with van der Waals surface area (Å²) in [5, 5.41) is 2.64. The molecule has 0 unspecified atom stereocenters. The topological polar surface area (TPSA) is 12.9 Å². The molecule has 1 nitrogen and oxygen atoms in total. The van der Waals surface area contributed by atoms with Crippen molar-refractivity contribution < 1.29 is 0 Å². The van der Waals surface area contributed by atoms with Gasteiger partial charge in [-0.3, -0.25) is 4.98 Å². The van der Waals surface area contributed by atoms with E-state index in [1.807, 2.05) is 6.20 Å². The van der Waals surface area contributed by atoms with Crippen molar-refractivity contribution in [1.29, 1.82) is 0 Å². The second-order valence-electron chi connectivity index (χ2n) is 9.74. The molecule has 0 saturated carbocycles. The summed E-state index contributed by atoms with van der Waals surface area (Å²) in [6, 6.07) is 24.4. The van der Waals surface area contributed by atoms with Gasteiger partial charge in [-0.15, -0.1) is 0 Å². The van der Waals surface area contributed by atoms with E-state index in [1.54, 1.807) is 0 Å². The Labute approximate surface area is 173 Å².